The van der Waals surface area contributed by atoms with Gasteiger partial charge in [-0.15, -0.1) is 0 Å². The highest BCUT2D eigenvalue weighted by molar-refractivity contribution is 5.79. The average molecular weight is 379 g/mol. The van der Waals surface area contributed by atoms with E-state index in [4.69, 9.17) is 9.47 Å². The molecule has 1 aliphatic heterocycles. The molecule has 5 heteroatoms. The van der Waals surface area contributed by atoms with Gasteiger partial charge in [0.15, 0.2) is 0 Å². The van der Waals surface area contributed by atoms with Crippen LogP contribution in [0.15, 0.2) is 48.5 Å². The lowest BCUT2D eigenvalue weighted by Crippen LogP contribution is -2.43. The van der Waals surface area contributed by atoms with E-state index in [1.54, 1.807) is 11.8 Å². The van der Waals surface area contributed by atoms with Crippen LogP contribution in [-0.4, -0.2) is 43.3 Å². The maximum Gasteiger partial charge on any atom is 0.409 e. The number of likely N-dealkylation sites (tertiary alicyclic amines) is 1. The third-order valence-electron chi connectivity index (χ3n) is 5.64. The summed E-state index contributed by atoms with van der Waals surface area (Å²) >= 11 is 0. The second-order valence-electron chi connectivity index (χ2n) is 7.34. The Labute approximate surface area is 165 Å². The summed E-state index contributed by atoms with van der Waals surface area (Å²) in [7, 11) is 0. The van der Waals surface area contributed by atoms with Crippen LogP contribution in [0.3, 0.4) is 0 Å². The number of hydrogen-bond acceptors (Lipinski definition) is 4. The molecule has 1 amide bonds. The number of carbonyl (C=O) groups excluding carboxylic acids is 2. The highest BCUT2D eigenvalue weighted by atomic mass is 16.6. The molecule has 4 rings (SSSR count). The van der Waals surface area contributed by atoms with Gasteiger partial charge >= 0.3 is 12.1 Å². The number of hydrogen-bond donors (Lipinski definition) is 0. The lowest BCUT2D eigenvalue weighted by molar-refractivity contribution is -0.149. The van der Waals surface area contributed by atoms with Crippen molar-refractivity contribution in [3.63, 3.8) is 0 Å². The van der Waals surface area contributed by atoms with E-state index in [2.05, 4.69) is 24.3 Å². The molecule has 146 valence electrons. The van der Waals surface area contributed by atoms with Gasteiger partial charge in [-0.2, -0.15) is 0 Å². The van der Waals surface area contributed by atoms with Gasteiger partial charge in [-0.05, 0) is 42.0 Å². The molecule has 2 aromatic carbocycles. The van der Waals surface area contributed by atoms with E-state index in [0.29, 0.717) is 26.3 Å². The Morgan fingerprint density at radius 2 is 1.64 bits per heavy atom. The molecule has 0 aromatic heterocycles. The molecule has 1 fully saturated rings. The van der Waals surface area contributed by atoms with Crippen LogP contribution < -0.4 is 0 Å². The van der Waals surface area contributed by atoms with Crippen molar-refractivity contribution >= 4 is 12.1 Å². The smallest absolute Gasteiger partial charge is 0.409 e. The average Bonchev–Trinajstić information content (AvgIpc) is 3.06. The fourth-order valence-electron chi connectivity index (χ4n) is 4.28. The Balaban J connectivity index is 1.43. The highest BCUT2D eigenvalue weighted by Crippen LogP contribution is 2.44. The molecule has 1 atom stereocenters. The van der Waals surface area contributed by atoms with E-state index < -0.39 is 0 Å². The van der Waals surface area contributed by atoms with Crippen molar-refractivity contribution in [2.75, 3.05) is 26.3 Å². The van der Waals surface area contributed by atoms with Crippen LogP contribution in [0.4, 0.5) is 4.79 Å². The van der Waals surface area contributed by atoms with E-state index in [-0.39, 0.29) is 23.9 Å². The number of ether oxygens (including phenoxy) is 2. The summed E-state index contributed by atoms with van der Waals surface area (Å²) in [6, 6.07) is 16.6. The fraction of sp³-hybridized carbons (Fsp3) is 0.391. The number of carbonyl (C=O) groups is 2. The first-order valence-electron chi connectivity index (χ1n) is 9.95. The maximum absolute atomic E-state index is 12.7. The molecule has 2 aliphatic rings. The van der Waals surface area contributed by atoms with Gasteiger partial charge in [0.25, 0.3) is 0 Å². The van der Waals surface area contributed by atoms with Gasteiger partial charge in [0.1, 0.15) is 6.61 Å². The lowest BCUT2D eigenvalue weighted by atomic mass is 9.98. The van der Waals surface area contributed by atoms with Crippen molar-refractivity contribution in [1.82, 2.24) is 4.90 Å². The number of fused-ring (bicyclic) bond motifs is 3. The van der Waals surface area contributed by atoms with Gasteiger partial charge in [-0.25, -0.2) is 4.79 Å². The zero-order chi connectivity index (χ0) is 19.5. The second-order valence-corrected chi connectivity index (χ2v) is 7.34. The summed E-state index contributed by atoms with van der Waals surface area (Å²) in [5.74, 6) is -0.435. The van der Waals surface area contributed by atoms with Gasteiger partial charge in [0.05, 0.1) is 12.5 Å². The molecule has 0 unspecified atom stereocenters. The monoisotopic (exact) mass is 379 g/mol. The van der Waals surface area contributed by atoms with Crippen molar-refractivity contribution in [1.29, 1.82) is 0 Å². The maximum atomic E-state index is 12.7. The van der Waals surface area contributed by atoms with Crippen molar-refractivity contribution in [2.24, 2.45) is 5.92 Å². The summed E-state index contributed by atoms with van der Waals surface area (Å²) < 4.78 is 10.8. The molecular formula is C23H25NO4. The van der Waals surface area contributed by atoms with Crippen LogP contribution in [0, 0.1) is 5.92 Å². The first kappa shape index (κ1) is 18.5. The van der Waals surface area contributed by atoms with E-state index >= 15 is 0 Å². The summed E-state index contributed by atoms with van der Waals surface area (Å²) in [5.41, 5.74) is 4.80. The molecule has 1 saturated heterocycles. The molecule has 0 saturated carbocycles. The molecule has 0 N–H and O–H groups in total. The van der Waals surface area contributed by atoms with Gasteiger partial charge in [0.2, 0.25) is 0 Å². The minimum atomic E-state index is -0.351. The molecule has 0 radical (unpaired) electrons. The summed E-state index contributed by atoms with van der Waals surface area (Å²) in [6.07, 6.45) is 1.19. The van der Waals surface area contributed by atoms with Crippen LogP contribution in [-0.2, 0) is 14.3 Å². The van der Waals surface area contributed by atoms with Crippen LogP contribution in [0.2, 0.25) is 0 Å². The Morgan fingerprint density at radius 1 is 1.00 bits per heavy atom. The molecular weight excluding hydrogens is 354 g/mol. The standard InChI is InChI=1S/C23H25NO4/c1-2-27-22(25)16-8-7-13-24(14-16)23(26)28-15-21-19-11-5-3-9-17(19)18-10-4-6-12-20(18)21/h3-6,9-12,16,21H,2,7-8,13-15H2,1H3/t16-/m1/s1. The first-order valence-corrected chi connectivity index (χ1v) is 9.95. The Hall–Kier alpha value is -2.82. The number of amides is 1. The van der Waals surface area contributed by atoms with Gasteiger partial charge in [0, 0.05) is 19.0 Å². The van der Waals surface area contributed by atoms with E-state index in [0.717, 1.165) is 12.8 Å². The molecule has 28 heavy (non-hydrogen) atoms. The van der Waals surface area contributed by atoms with E-state index in [9.17, 15) is 9.59 Å². The topological polar surface area (TPSA) is 55.8 Å². The lowest BCUT2D eigenvalue weighted by Gasteiger charge is -2.31. The van der Waals surface area contributed by atoms with Crippen LogP contribution in [0.25, 0.3) is 11.1 Å². The van der Waals surface area contributed by atoms with E-state index in [1.165, 1.54) is 22.3 Å². The molecule has 2 aromatic rings. The van der Waals surface area contributed by atoms with Crippen molar-refractivity contribution < 1.29 is 19.1 Å². The highest BCUT2D eigenvalue weighted by Gasteiger charge is 2.32. The van der Waals surface area contributed by atoms with Crippen LogP contribution in [0.1, 0.15) is 36.8 Å². The molecule has 1 heterocycles. The van der Waals surface area contributed by atoms with Crippen molar-refractivity contribution in [3.05, 3.63) is 59.7 Å². The molecule has 0 bridgehead atoms. The summed E-state index contributed by atoms with van der Waals surface area (Å²) in [4.78, 5) is 26.3. The summed E-state index contributed by atoms with van der Waals surface area (Å²) in [5, 5.41) is 0. The Kier molecular flexibility index (Phi) is 5.33. The van der Waals surface area contributed by atoms with Gasteiger partial charge in [-0.1, -0.05) is 48.5 Å². The minimum Gasteiger partial charge on any atom is -0.466 e. The molecule has 5 nitrogen and oxygen atoms in total. The number of rotatable bonds is 4. The number of esters is 1. The van der Waals surface area contributed by atoms with Gasteiger partial charge in [-0.3, -0.25) is 4.79 Å². The third kappa shape index (κ3) is 3.49. The minimum absolute atomic E-state index is 0.0435. The van der Waals surface area contributed by atoms with Gasteiger partial charge < -0.3 is 14.4 Å². The fourth-order valence-corrected chi connectivity index (χ4v) is 4.28. The third-order valence-corrected chi connectivity index (χ3v) is 5.64. The number of benzene rings is 2. The molecule has 1 aliphatic carbocycles. The molecule has 0 spiro atoms. The largest absolute Gasteiger partial charge is 0.466 e. The Morgan fingerprint density at radius 3 is 2.29 bits per heavy atom. The zero-order valence-electron chi connectivity index (χ0n) is 16.1. The predicted octanol–water partition coefficient (Wildman–Crippen LogP) is 4.21. The second kappa shape index (κ2) is 8.05. The van der Waals surface area contributed by atoms with Crippen molar-refractivity contribution in [3.8, 4) is 11.1 Å². The van der Waals surface area contributed by atoms with E-state index in [1.807, 2.05) is 24.3 Å². The SMILES string of the molecule is CCOC(=O)[C@@H]1CCCN(C(=O)OCC2c3ccccc3-c3ccccc32)C1. The van der Waals surface area contributed by atoms with Crippen molar-refractivity contribution in [2.45, 2.75) is 25.7 Å². The first-order chi connectivity index (χ1) is 13.7. The number of piperidine rings is 1. The Bertz CT molecular complexity index is 833. The predicted molar refractivity (Wildman–Crippen MR) is 106 cm³/mol. The number of nitrogens with zero attached hydrogens (tertiary/aromatic N) is 1. The van der Waals surface area contributed by atoms with Crippen LogP contribution >= 0.6 is 0 Å². The van der Waals surface area contributed by atoms with Crippen LogP contribution in [0.5, 0.6) is 0 Å². The summed E-state index contributed by atoms with van der Waals surface area (Å²) in [6.45, 7) is 3.44. The normalized spacial score (nSPS) is 18.3. The zero-order valence-corrected chi connectivity index (χ0v) is 16.1. The quantitative estimate of drug-likeness (QED) is 0.747.